The Bertz CT molecular complexity index is 571. The summed E-state index contributed by atoms with van der Waals surface area (Å²) in [6, 6.07) is 7.11. The minimum atomic E-state index is -0.748. The normalized spacial score (nSPS) is 17.4. The molecule has 1 aliphatic rings. The second-order valence-corrected chi connectivity index (χ2v) is 6.50. The van der Waals surface area contributed by atoms with Crippen LogP contribution in [-0.4, -0.2) is 41.0 Å². The van der Waals surface area contributed by atoms with Crippen LogP contribution in [0.2, 0.25) is 0 Å². The number of aliphatic hydroxyl groups is 1. The third-order valence-electron chi connectivity index (χ3n) is 4.36. The average molecular weight is 318 g/mol. The number of benzene rings is 1. The number of likely N-dealkylation sites (tertiary alicyclic amines) is 1. The van der Waals surface area contributed by atoms with Gasteiger partial charge in [0.05, 0.1) is 6.10 Å². The molecule has 0 radical (unpaired) electrons. The number of carbonyl (C=O) groups is 2. The summed E-state index contributed by atoms with van der Waals surface area (Å²) in [5.41, 5.74) is 1.80. The van der Waals surface area contributed by atoms with Crippen molar-refractivity contribution in [1.29, 1.82) is 0 Å². The lowest BCUT2D eigenvalue weighted by Crippen LogP contribution is -2.51. The van der Waals surface area contributed by atoms with Gasteiger partial charge in [-0.3, -0.25) is 9.59 Å². The van der Waals surface area contributed by atoms with Crippen molar-refractivity contribution in [3.8, 4) is 0 Å². The van der Waals surface area contributed by atoms with E-state index in [1.165, 1.54) is 0 Å². The van der Waals surface area contributed by atoms with Gasteiger partial charge >= 0.3 is 0 Å². The Morgan fingerprint density at radius 2 is 2.04 bits per heavy atom. The van der Waals surface area contributed by atoms with Crippen molar-refractivity contribution in [3.63, 3.8) is 0 Å². The molecular formula is C18H26N2O3. The number of amides is 2. The molecule has 1 aliphatic heterocycles. The SMILES string of the molecule is Cc1ccccc1C(O)CNC(=O)C(C(C)C)N1CCCC1=O. The van der Waals surface area contributed by atoms with Crippen LogP contribution >= 0.6 is 0 Å². The van der Waals surface area contributed by atoms with E-state index < -0.39 is 12.1 Å². The number of aliphatic hydroxyl groups excluding tert-OH is 1. The van der Waals surface area contributed by atoms with Crippen molar-refractivity contribution in [1.82, 2.24) is 10.2 Å². The maximum absolute atomic E-state index is 12.5. The van der Waals surface area contributed by atoms with Gasteiger partial charge in [-0.05, 0) is 30.4 Å². The van der Waals surface area contributed by atoms with Gasteiger partial charge < -0.3 is 15.3 Å². The zero-order valence-corrected chi connectivity index (χ0v) is 14.1. The summed E-state index contributed by atoms with van der Waals surface area (Å²) in [4.78, 5) is 26.1. The van der Waals surface area contributed by atoms with Crippen LogP contribution in [0.4, 0.5) is 0 Å². The minimum Gasteiger partial charge on any atom is -0.387 e. The van der Waals surface area contributed by atoms with Crippen molar-refractivity contribution in [2.75, 3.05) is 13.1 Å². The molecule has 1 aromatic rings. The fourth-order valence-corrected chi connectivity index (χ4v) is 3.14. The van der Waals surface area contributed by atoms with E-state index in [1.54, 1.807) is 4.90 Å². The summed E-state index contributed by atoms with van der Waals surface area (Å²) in [6.07, 6.45) is 0.575. The Hall–Kier alpha value is -1.88. The molecule has 23 heavy (non-hydrogen) atoms. The first-order chi connectivity index (χ1) is 10.9. The van der Waals surface area contributed by atoms with Gasteiger partial charge in [0.25, 0.3) is 0 Å². The summed E-state index contributed by atoms with van der Waals surface area (Å²) in [5, 5.41) is 13.1. The molecule has 2 atom stereocenters. The summed E-state index contributed by atoms with van der Waals surface area (Å²) < 4.78 is 0. The summed E-state index contributed by atoms with van der Waals surface area (Å²) in [6.45, 7) is 6.59. The lowest BCUT2D eigenvalue weighted by Gasteiger charge is -2.30. The van der Waals surface area contributed by atoms with Crippen LogP contribution in [0, 0.1) is 12.8 Å². The standard InChI is InChI=1S/C18H26N2O3/c1-12(2)17(20-10-6-9-16(20)22)18(23)19-11-15(21)14-8-5-4-7-13(14)3/h4-5,7-8,12,15,17,21H,6,9-11H2,1-3H3,(H,19,23). The largest absolute Gasteiger partial charge is 0.387 e. The van der Waals surface area contributed by atoms with Gasteiger partial charge in [0.2, 0.25) is 11.8 Å². The molecule has 0 saturated carbocycles. The molecule has 1 saturated heterocycles. The molecule has 1 heterocycles. The molecule has 2 unspecified atom stereocenters. The van der Waals surface area contributed by atoms with Gasteiger partial charge in [-0.2, -0.15) is 0 Å². The predicted molar refractivity (Wildman–Crippen MR) is 88.7 cm³/mol. The number of hydrogen-bond donors (Lipinski definition) is 2. The number of hydrogen-bond acceptors (Lipinski definition) is 3. The van der Waals surface area contributed by atoms with E-state index >= 15 is 0 Å². The van der Waals surface area contributed by atoms with Crippen LogP contribution in [0.25, 0.3) is 0 Å². The van der Waals surface area contributed by atoms with Crippen LogP contribution in [0.15, 0.2) is 24.3 Å². The van der Waals surface area contributed by atoms with Gasteiger partial charge in [0.1, 0.15) is 6.04 Å². The lowest BCUT2D eigenvalue weighted by atomic mass is 10.0. The van der Waals surface area contributed by atoms with Gasteiger partial charge in [0.15, 0.2) is 0 Å². The second-order valence-electron chi connectivity index (χ2n) is 6.50. The highest BCUT2D eigenvalue weighted by Crippen LogP contribution is 2.20. The van der Waals surface area contributed by atoms with E-state index in [0.717, 1.165) is 17.5 Å². The third kappa shape index (κ3) is 4.10. The molecule has 0 bridgehead atoms. The van der Waals surface area contributed by atoms with Crippen LogP contribution < -0.4 is 5.32 Å². The van der Waals surface area contributed by atoms with Crippen LogP contribution in [0.5, 0.6) is 0 Å². The Morgan fingerprint density at radius 3 is 2.61 bits per heavy atom. The fourth-order valence-electron chi connectivity index (χ4n) is 3.14. The highest BCUT2D eigenvalue weighted by atomic mass is 16.3. The van der Waals surface area contributed by atoms with Crippen molar-refractivity contribution < 1.29 is 14.7 Å². The molecule has 5 nitrogen and oxygen atoms in total. The van der Waals surface area contributed by atoms with Crippen molar-refractivity contribution >= 4 is 11.8 Å². The number of rotatable bonds is 6. The molecule has 126 valence electrons. The highest BCUT2D eigenvalue weighted by molar-refractivity contribution is 5.88. The van der Waals surface area contributed by atoms with Gasteiger partial charge in [-0.1, -0.05) is 38.1 Å². The Balaban J connectivity index is 1.99. The topological polar surface area (TPSA) is 69.6 Å². The van der Waals surface area contributed by atoms with Crippen molar-refractivity contribution in [2.45, 2.75) is 45.8 Å². The van der Waals surface area contributed by atoms with Gasteiger partial charge in [0, 0.05) is 19.5 Å². The maximum atomic E-state index is 12.5. The summed E-state index contributed by atoms with van der Waals surface area (Å²) >= 11 is 0. The zero-order valence-electron chi connectivity index (χ0n) is 14.1. The monoisotopic (exact) mass is 318 g/mol. The maximum Gasteiger partial charge on any atom is 0.243 e. The first-order valence-electron chi connectivity index (χ1n) is 8.22. The molecular weight excluding hydrogens is 292 g/mol. The molecule has 1 aromatic carbocycles. The first-order valence-corrected chi connectivity index (χ1v) is 8.22. The average Bonchev–Trinajstić information content (AvgIpc) is 2.91. The van der Waals surface area contributed by atoms with E-state index in [4.69, 9.17) is 0 Å². The quantitative estimate of drug-likeness (QED) is 0.840. The molecule has 1 fully saturated rings. The molecule has 5 heteroatoms. The molecule has 2 rings (SSSR count). The second kappa shape index (κ2) is 7.59. The minimum absolute atomic E-state index is 0.0349. The Kier molecular flexibility index (Phi) is 5.77. The number of nitrogens with zero attached hydrogens (tertiary/aromatic N) is 1. The van der Waals surface area contributed by atoms with E-state index in [1.807, 2.05) is 45.0 Å². The molecule has 0 aromatic heterocycles. The Morgan fingerprint density at radius 1 is 1.35 bits per heavy atom. The highest BCUT2D eigenvalue weighted by Gasteiger charge is 2.34. The molecule has 0 aliphatic carbocycles. The molecule has 0 spiro atoms. The van der Waals surface area contributed by atoms with Crippen LogP contribution in [0.3, 0.4) is 0 Å². The van der Waals surface area contributed by atoms with Crippen molar-refractivity contribution in [2.24, 2.45) is 5.92 Å². The van der Waals surface area contributed by atoms with Crippen LogP contribution in [0.1, 0.15) is 43.9 Å². The smallest absolute Gasteiger partial charge is 0.243 e. The lowest BCUT2D eigenvalue weighted by molar-refractivity contribution is -0.139. The fraction of sp³-hybridized carbons (Fsp3) is 0.556. The Labute approximate surface area is 137 Å². The van der Waals surface area contributed by atoms with Crippen LogP contribution in [-0.2, 0) is 9.59 Å². The van der Waals surface area contributed by atoms with E-state index in [2.05, 4.69) is 5.32 Å². The van der Waals surface area contributed by atoms with Crippen molar-refractivity contribution in [3.05, 3.63) is 35.4 Å². The summed E-state index contributed by atoms with van der Waals surface area (Å²) in [7, 11) is 0. The summed E-state index contributed by atoms with van der Waals surface area (Å²) in [5.74, 6) is -0.117. The molecule has 2 N–H and O–H groups in total. The number of nitrogens with one attached hydrogen (secondary N) is 1. The third-order valence-corrected chi connectivity index (χ3v) is 4.36. The predicted octanol–water partition coefficient (Wildman–Crippen LogP) is 1.79. The van der Waals surface area contributed by atoms with Gasteiger partial charge in [-0.25, -0.2) is 0 Å². The van der Waals surface area contributed by atoms with E-state index in [-0.39, 0.29) is 24.3 Å². The number of aryl methyl sites for hydroxylation is 1. The number of carbonyl (C=O) groups excluding carboxylic acids is 2. The van der Waals surface area contributed by atoms with E-state index in [9.17, 15) is 14.7 Å². The van der Waals surface area contributed by atoms with E-state index in [0.29, 0.717) is 13.0 Å². The zero-order chi connectivity index (χ0) is 17.0. The first kappa shape index (κ1) is 17.5. The molecule has 2 amide bonds. The van der Waals surface area contributed by atoms with Gasteiger partial charge in [-0.15, -0.1) is 0 Å².